The average molecular weight is 483 g/mol. The van der Waals surface area contributed by atoms with Crippen LogP contribution in [0.25, 0.3) is 10.9 Å². The van der Waals surface area contributed by atoms with Gasteiger partial charge < -0.3 is 24.3 Å². The van der Waals surface area contributed by atoms with Gasteiger partial charge in [-0.15, -0.1) is 0 Å². The van der Waals surface area contributed by atoms with Crippen LogP contribution in [0.2, 0.25) is 0 Å². The number of nitrogens with zero attached hydrogens (tertiary/aromatic N) is 5. The average Bonchev–Trinajstić information content (AvgIpc) is 3.54. The van der Waals surface area contributed by atoms with E-state index in [4.69, 9.17) is 0 Å². The summed E-state index contributed by atoms with van der Waals surface area (Å²) < 4.78 is 4.28. The number of hydrogen-bond acceptors (Lipinski definition) is 4. The van der Waals surface area contributed by atoms with E-state index in [0.29, 0.717) is 26.1 Å². The molecule has 8 heteroatoms. The van der Waals surface area contributed by atoms with Crippen LogP contribution in [0.5, 0.6) is 0 Å². The van der Waals surface area contributed by atoms with Crippen LogP contribution in [0.15, 0.2) is 67.3 Å². The minimum absolute atomic E-state index is 0.0400. The Kier molecular flexibility index (Phi) is 5.71. The van der Waals surface area contributed by atoms with Gasteiger partial charge in [-0.3, -0.25) is 9.59 Å². The van der Waals surface area contributed by atoms with Gasteiger partial charge in [-0.05, 0) is 36.6 Å². The van der Waals surface area contributed by atoms with Gasteiger partial charge in [0.2, 0.25) is 5.91 Å². The van der Waals surface area contributed by atoms with Crippen LogP contribution in [0.3, 0.4) is 0 Å². The number of fused-ring (bicyclic) bond motifs is 6. The van der Waals surface area contributed by atoms with Crippen LogP contribution in [-0.2, 0) is 24.3 Å². The van der Waals surface area contributed by atoms with E-state index in [9.17, 15) is 9.59 Å². The maximum Gasteiger partial charge on any atom is 0.257 e. The van der Waals surface area contributed by atoms with Gasteiger partial charge in [-0.2, -0.15) is 0 Å². The molecule has 4 heterocycles. The number of hydrogen-bond donors (Lipinski definition) is 1. The fourth-order valence-electron chi connectivity index (χ4n) is 5.76. The van der Waals surface area contributed by atoms with Crippen molar-refractivity contribution in [1.82, 2.24) is 24.3 Å². The van der Waals surface area contributed by atoms with Crippen molar-refractivity contribution in [3.05, 3.63) is 84.1 Å². The van der Waals surface area contributed by atoms with Gasteiger partial charge in [0.25, 0.3) is 5.91 Å². The number of carbonyl (C=O) groups is 2. The van der Waals surface area contributed by atoms with Crippen LogP contribution in [0, 0.1) is 0 Å². The lowest BCUT2D eigenvalue weighted by atomic mass is 9.96. The van der Waals surface area contributed by atoms with Crippen molar-refractivity contribution >= 4 is 28.4 Å². The zero-order valence-electron chi connectivity index (χ0n) is 20.4. The second kappa shape index (κ2) is 9.18. The quantitative estimate of drug-likeness (QED) is 0.409. The number of imidazole rings is 1. The number of aryl methyl sites for hydroxylation is 2. The number of carbonyl (C=O) groups excluding carboxylic acids is 2. The number of aromatic nitrogens is 3. The normalized spacial score (nSPS) is 16.6. The first-order valence-electron chi connectivity index (χ1n) is 12.6. The zero-order chi connectivity index (χ0) is 24.6. The second-order valence-corrected chi connectivity index (χ2v) is 9.54. The molecule has 36 heavy (non-hydrogen) atoms. The van der Waals surface area contributed by atoms with Crippen molar-refractivity contribution in [1.29, 1.82) is 0 Å². The topological polar surface area (TPSA) is 75.4 Å². The van der Waals surface area contributed by atoms with Gasteiger partial charge >= 0.3 is 0 Å². The lowest BCUT2D eigenvalue weighted by Crippen LogP contribution is -2.51. The molecule has 0 bridgehead atoms. The zero-order valence-corrected chi connectivity index (χ0v) is 20.4. The molecule has 1 atom stereocenters. The third kappa shape index (κ3) is 3.73. The van der Waals surface area contributed by atoms with E-state index in [2.05, 4.69) is 45.0 Å². The molecule has 184 valence electrons. The molecule has 4 aromatic rings. The van der Waals surface area contributed by atoms with E-state index >= 15 is 0 Å². The van der Waals surface area contributed by atoms with E-state index in [-0.39, 0.29) is 18.0 Å². The standard InChI is InChI=1S/C28H30N6O2/c1-31-23-9-4-3-8-22(23)28(36)34-16-11-21-20-7-2-5-10-24(20)33(26(21)27(31)34)17-12-25(35)30-13-6-15-32-18-14-29-19-32/h2-5,7-10,14,18-19,27H,6,11-13,15-17H2,1H3,(H,30,35)/t27-/m1/s1. The van der Waals surface area contributed by atoms with E-state index in [1.165, 1.54) is 10.9 Å². The molecule has 0 spiro atoms. The number of amides is 2. The molecular weight excluding hydrogens is 452 g/mol. The third-order valence-electron chi connectivity index (χ3n) is 7.44. The molecular formula is C28H30N6O2. The highest BCUT2D eigenvalue weighted by Gasteiger charge is 2.42. The van der Waals surface area contributed by atoms with Crippen LogP contribution < -0.4 is 10.2 Å². The number of nitrogens with one attached hydrogen (secondary N) is 1. The number of anilines is 1. The lowest BCUT2D eigenvalue weighted by Gasteiger charge is -2.46. The number of rotatable bonds is 7. The summed E-state index contributed by atoms with van der Waals surface area (Å²) in [6.45, 7) is 2.71. The second-order valence-electron chi connectivity index (χ2n) is 9.54. The minimum Gasteiger partial charge on any atom is -0.356 e. The summed E-state index contributed by atoms with van der Waals surface area (Å²) in [5.74, 6) is 0.116. The summed E-state index contributed by atoms with van der Waals surface area (Å²) in [7, 11) is 2.06. The molecule has 0 fully saturated rings. The molecule has 8 nitrogen and oxygen atoms in total. The highest BCUT2D eigenvalue weighted by atomic mass is 16.2. The summed E-state index contributed by atoms with van der Waals surface area (Å²) >= 11 is 0. The van der Waals surface area contributed by atoms with E-state index in [0.717, 1.165) is 41.8 Å². The van der Waals surface area contributed by atoms with Crippen molar-refractivity contribution in [3.63, 3.8) is 0 Å². The summed E-state index contributed by atoms with van der Waals surface area (Å²) in [4.78, 5) is 34.4. The van der Waals surface area contributed by atoms with Gasteiger partial charge in [0.05, 0.1) is 23.3 Å². The van der Waals surface area contributed by atoms with Gasteiger partial charge in [0, 0.05) is 62.9 Å². The van der Waals surface area contributed by atoms with Crippen molar-refractivity contribution in [2.24, 2.45) is 0 Å². The lowest BCUT2D eigenvalue weighted by molar-refractivity contribution is -0.121. The Morgan fingerprint density at radius 1 is 1.11 bits per heavy atom. The highest BCUT2D eigenvalue weighted by molar-refractivity contribution is 6.02. The predicted molar refractivity (Wildman–Crippen MR) is 139 cm³/mol. The monoisotopic (exact) mass is 482 g/mol. The first-order chi connectivity index (χ1) is 17.6. The number of para-hydroxylation sites is 2. The summed E-state index contributed by atoms with van der Waals surface area (Å²) in [5, 5.41) is 4.28. The molecule has 0 aliphatic carbocycles. The summed E-state index contributed by atoms with van der Waals surface area (Å²) in [6, 6.07) is 16.2. The molecule has 0 saturated heterocycles. The van der Waals surface area contributed by atoms with E-state index in [1.807, 2.05) is 46.0 Å². The molecule has 2 amide bonds. The molecule has 2 aliphatic rings. The van der Waals surface area contributed by atoms with Crippen LogP contribution >= 0.6 is 0 Å². The van der Waals surface area contributed by atoms with Gasteiger partial charge in [0.1, 0.15) is 6.17 Å². The fraction of sp³-hybridized carbons (Fsp3) is 0.321. The van der Waals surface area contributed by atoms with Crippen LogP contribution in [0.1, 0.15) is 40.6 Å². The Labute approximate surface area is 210 Å². The molecule has 6 rings (SSSR count). The SMILES string of the molecule is CN1c2ccccc2C(=O)N2CCc3c(n(CCC(=O)NCCCn4ccnc4)c4ccccc34)[C@@H]21. The first kappa shape index (κ1) is 22.4. The van der Waals surface area contributed by atoms with Gasteiger partial charge in [-0.1, -0.05) is 30.3 Å². The molecule has 1 N–H and O–H groups in total. The summed E-state index contributed by atoms with van der Waals surface area (Å²) in [5.41, 5.74) is 5.23. The minimum atomic E-state index is -0.193. The van der Waals surface area contributed by atoms with Gasteiger partial charge in [0.15, 0.2) is 0 Å². The largest absolute Gasteiger partial charge is 0.356 e. The Morgan fingerprint density at radius 3 is 2.81 bits per heavy atom. The van der Waals surface area contributed by atoms with Crippen molar-refractivity contribution in [2.45, 2.75) is 38.5 Å². The number of benzene rings is 2. The molecule has 0 radical (unpaired) electrons. The first-order valence-corrected chi connectivity index (χ1v) is 12.6. The predicted octanol–water partition coefficient (Wildman–Crippen LogP) is 3.58. The van der Waals surface area contributed by atoms with Crippen LogP contribution in [-0.4, -0.2) is 51.0 Å². The molecule has 0 saturated carbocycles. The van der Waals surface area contributed by atoms with Crippen molar-refractivity contribution < 1.29 is 9.59 Å². The van der Waals surface area contributed by atoms with Crippen molar-refractivity contribution in [3.8, 4) is 0 Å². The van der Waals surface area contributed by atoms with Gasteiger partial charge in [-0.25, -0.2) is 4.98 Å². The fourth-order valence-corrected chi connectivity index (χ4v) is 5.76. The maximum absolute atomic E-state index is 13.5. The third-order valence-corrected chi connectivity index (χ3v) is 7.44. The molecule has 2 aromatic heterocycles. The summed E-state index contributed by atoms with van der Waals surface area (Å²) in [6.07, 6.45) is 7.33. The van der Waals surface area contributed by atoms with E-state index in [1.54, 1.807) is 12.5 Å². The molecule has 0 unspecified atom stereocenters. The Hall–Kier alpha value is -4.07. The molecule has 2 aliphatic heterocycles. The smallest absolute Gasteiger partial charge is 0.257 e. The molecule has 2 aromatic carbocycles. The Balaban J connectivity index is 1.26. The van der Waals surface area contributed by atoms with E-state index < -0.39 is 0 Å². The Morgan fingerprint density at radius 2 is 1.94 bits per heavy atom. The van der Waals surface area contributed by atoms with Crippen LogP contribution in [0.4, 0.5) is 5.69 Å². The maximum atomic E-state index is 13.5. The van der Waals surface area contributed by atoms with Crippen molar-refractivity contribution in [2.75, 3.05) is 25.0 Å². The Bertz CT molecular complexity index is 1420. The highest BCUT2D eigenvalue weighted by Crippen LogP contribution is 2.44.